The molecule has 0 bridgehead atoms. The number of anilines is 1. The van der Waals surface area contributed by atoms with Crippen molar-refractivity contribution in [2.75, 3.05) is 5.32 Å². The summed E-state index contributed by atoms with van der Waals surface area (Å²) in [5.41, 5.74) is 2.74. The number of hydrogen-bond acceptors (Lipinski definition) is 6. The molecule has 2 aliphatic rings. The van der Waals surface area contributed by atoms with Gasteiger partial charge in [-0.25, -0.2) is 4.98 Å². The molecule has 0 unspecified atom stereocenters. The van der Waals surface area contributed by atoms with Crippen LogP contribution in [-0.4, -0.2) is 35.6 Å². The Balaban J connectivity index is 1.30. The van der Waals surface area contributed by atoms with Gasteiger partial charge in [-0.3, -0.25) is 9.20 Å². The van der Waals surface area contributed by atoms with E-state index < -0.39 is 5.95 Å². The molecule has 38 heavy (non-hydrogen) atoms. The van der Waals surface area contributed by atoms with E-state index >= 15 is 0 Å². The molecule has 2 aliphatic carbocycles. The van der Waals surface area contributed by atoms with Crippen LogP contribution in [0.15, 0.2) is 49.1 Å². The SMILES string of the molecule is Cn1cnnc1C1(c2cccc(NC(=O)c3cc(CNC4(C)CC4)cn4c(F)cnc34)c2)CC(CC#N)C1. The second-order valence-corrected chi connectivity index (χ2v) is 11.0. The molecule has 2 fully saturated rings. The molecule has 3 aromatic heterocycles. The first-order chi connectivity index (χ1) is 18.3. The van der Waals surface area contributed by atoms with E-state index in [0.717, 1.165) is 48.8 Å². The lowest BCUT2D eigenvalue weighted by atomic mass is 9.57. The molecule has 0 aliphatic heterocycles. The van der Waals surface area contributed by atoms with Gasteiger partial charge in [-0.2, -0.15) is 9.65 Å². The third kappa shape index (κ3) is 4.23. The van der Waals surface area contributed by atoms with Crippen molar-refractivity contribution >= 4 is 17.2 Å². The Morgan fingerprint density at radius 1 is 1.29 bits per heavy atom. The summed E-state index contributed by atoms with van der Waals surface area (Å²) in [7, 11) is 1.92. The first kappa shape index (κ1) is 24.2. The molecule has 0 atom stereocenters. The van der Waals surface area contributed by atoms with Gasteiger partial charge in [0.15, 0.2) is 5.65 Å². The van der Waals surface area contributed by atoms with E-state index in [1.54, 1.807) is 18.6 Å². The predicted molar refractivity (Wildman–Crippen MR) is 139 cm³/mol. The van der Waals surface area contributed by atoms with Crippen molar-refractivity contribution < 1.29 is 9.18 Å². The van der Waals surface area contributed by atoms with Crippen molar-refractivity contribution in [3.05, 3.63) is 77.5 Å². The summed E-state index contributed by atoms with van der Waals surface area (Å²) < 4.78 is 17.7. The number of benzene rings is 1. The highest BCUT2D eigenvalue weighted by Crippen LogP contribution is 2.53. The van der Waals surface area contributed by atoms with Crippen LogP contribution in [0.1, 0.15) is 66.3 Å². The van der Waals surface area contributed by atoms with Crippen LogP contribution in [0.4, 0.5) is 10.1 Å². The predicted octanol–water partition coefficient (Wildman–Crippen LogP) is 4.11. The van der Waals surface area contributed by atoms with Gasteiger partial charge >= 0.3 is 0 Å². The van der Waals surface area contributed by atoms with Crippen molar-refractivity contribution in [3.8, 4) is 6.07 Å². The maximum Gasteiger partial charge on any atom is 0.259 e. The number of halogens is 1. The zero-order chi connectivity index (χ0) is 26.5. The lowest BCUT2D eigenvalue weighted by Gasteiger charge is -2.46. The molecule has 2 saturated carbocycles. The topological polar surface area (TPSA) is 113 Å². The molecule has 1 amide bonds. The molecule has 10 heteroatoms. The molecule has 194 valence electrons. The molecule has 6 rings (SSSR count). The number of fused-ring (bicyclic) bond motifs is 1. The molecule has 1 aromatic carbocycles. The largest absolute Gasteiger partial charge is 0.322 e. The number of pyridine rings is 1. The van der Waals surface area contributed by atoms with Gasteiger partial charge < -0.3 is 15.2 Å². The van der Waals surface area contributed by atoms with Crippen LogP contribution in [0.2, 0.25) is 0 Å². The molecule has 0 spiro atoms. The highest BCUT2D eigenvalue weighted by atomic mass is 19.1. The lowest BCUT2D eigenvalue weighted by Crippen LogP contribution is -2.44. The van der Waals surface area contributed by atoms with Gasteiger partial charge in [-0.1, -0.05) is 12.1 Å². The Morgan fingerprint density at radius 2 is 2.11 bits per heavy atom. The van der Waals surface area contributed by atoms with E-state index in [9.17, 15) is 14.4 Å². The Labute approximate surface area is 219 Å². The van der Waals surface area contributed by atoms with Crippen molar-refractivity contribution in [2.24, 2.45) is 13.0 Å². The highest BCUT2D eigenvalue weighted by molar-refractivity contribution is 6.08. The van der Waals surface area contributed by atoms with Crippen molar-refractivity contribution in [2.45, 2.75) is 56.5 Å². The molecule has 0 radical (unpaired) electrons. The molecule has 3 heterocycles. The average Bonchev–Trinajstić information content (AvgIpc) is 3.28. The third-order valence-electron chi connectivity index (χ3n) is 8.05. The van der Waals surface area contributed by atoms with Gasteiger partial charge in [0.1, 0.15) is 12.2 Å². The number of nitriles is 1. The summed E-state index contributed by atoms with van der Waals surface area (Å²) in [6, 6.07) is 11.8. The number of rotatable bonds is 8. The Morgan fingerprint density at radius 3 is 2.82 bits per heavy atom. The minimum atomic E-state index is -0.516. The van der Waals surface area contributed by atoms with Crippen LogP contribution in [0, 0.1) is 23.2 Å². The first-order valence-corrected chi connectivity index (χ1v) is 12.8. The monoisotopic (exact) mass is 512 g/mol. The smallest absolute Gasteiger partial charge is 0.259 e. The maximum atomic E-state index is 14.5. The zero-order valence-electron chi connectivity index (χ0n) is 21.4. The van der Waals surface area contributed by atoms with E-state index in [-0.39, 0.29) is 28.4 Å². The summed E-state index contributed by atoms with van der Waals surface area (Å²) >= 11 is 0. The number of nitrogens with one attached hydrogen (secondary N) is 2. The first-order valence-electron chi connectivity index (χ1n) is 12.8. The average molecular weight is 513 g/mol. The second kappa shape index (κ2) is 9.03. The number of hydrogen-bond donors (Lipinski definition) is 2. The summed E-state index contributed by atoms with van der Waals surface area (Å²) in [5, 5.41) is 24.2. The second-order valence-electron chi connectivity index (χ2n) is 11.0. The molecular weight excluding hydrogens is 483 g/mol. The van der Waals surface area contributed by atoms with Crippen LogP contribution in [0.3, 0.4) is 0 Å². The fourth-order valence-corrected chi connectivity index (χ4v) is 5.61. The third-order valence-corrected chi connectivity index (χ3v) is 8.05. The van der Waals surface area contributed by atoms with E-state index in [4.69, 9.17) is 0 Å². The number of aromatic nitrogens is 5. The summed E-state index contributed by atoms with van der Waals surface area (Å²) in [5.74, 6) is 0.251. The maximum absolute atomic E-state index is 14.5. The van der Waals surface area contributed by atoms with Crippen LogP contribution in [-0.2, 0) is 19.0 Å². The zero-order valence-corrected chi connectivity index (χ0v) is 21.4. The minimum Gasteiger partial charge on any atom is -0.322 e. The fourth-order valence-electron chi connectivity index (χ4n) is 5.61. The summed E-state index contributed by atoms with van der Waals surface area (Å²) in [6.07, 6.45) is 8.77. The van der Waals surface area contributed by atoms with Crippen LogP contribution in [0.25, 0.3) is 5.65 Å². The van der Waals surface area contributed by atoms with Gasteiger partial charge in [-0.15, -0.1) is 10.2 Å². The minimum absolute atomic E-state index is 0.109. The quantitative estimate of drug-likeness (QED) is 0.367. The number of carbonyl (C=O) groups is 1. The lowest BCUT2D eigenvalue weighted by molar-refractivity contribution is 0.102. The normalized spacial score (nSPS) is 21.6. The van der Waals surface area contributed by atoms with E-state index in [1.807, 2.05) is 35.9 Å². The van der Waals surface area contributed by atoms with Crippen LogP contribution >= 0.6 is 0 Å². The molecule has 0 saturated heterocycles. The van der Waals surface area contributed by atoms with Crippen molar-refractivity contribution in [3.63, 3.8) is 0 Å². The van der Waals surface area contributed by atoms with E-state index in [2.05, 4.69) is 38.8 Å². The Kier molecular flexibility index (Phi) is 5.76. The van der Waals surface area contributed by atoms with Gasteiger partial charge in [-0.05, 0) is 67.9 Å². The van der Waals surface area contributed by atoms with Gasteiger partial charge in [0.05, 0.1) is 23.2 Å². The molecule has 2 N–H and O–H groups in total. The standard InChI is InChI=1S/C28H29FN8O/c1-27(7-8-27)32-14-19-10-22(24-31-15-23(29)37(24)16-19)25(38)34-21-5-3-4-20(11-21)28(12-18(13-28)6-9-30)26-35-33-17-36(26)2/h3-5,10-11,15-18,32H,6-8,12-14H2,1-2H3,(H,34,38). The number of amides is 1. The van der Waals surface area contributed by atoms with Gasteiger partial charge in [0, 0.05) is 37.4 Å². The highest BCUT2D eigenvalue weighted by Gasteiger charge is 2.49. The summed E-state index contributed by atoms with van der Waals surface area (Å²) in [4.78, 5) is 17.7. The number of carbonyl (C=O) groups excluding carboxylic acids is 1. The van der Waals surface area contributed by atoms with Gasteiger partial charge in [0.25, 0.3) is 5.91 Å². The van der Waals surface area contributed by atoms with Crippen LogP contribution < -0.4 is 10.6 Å². The number of nitrogens with zero attached hydrogens (tertiary/aromatic N) is 6. The summed E-state index contributed by atoms with van der Waals surface area (Å²) in [6.45, 7) is 2.69. The molecule has 9 nitrogen and oxygen atoms in total. The van der Waals surface area contributed by atoms with E-state index in [0.29, 0.717) is 24.2 Å². The number of imidazole rings is 1. The Hall–Kier alpha value is -4.10. The number of aryl methyl sites for hydroxylation is 1. The van der Waals surface area contributed by atoms with Gasteiger partial charge in [0.2, 0.25) is 5.95 Å². The fraction of sp³-hybridized carbons (Fsp3) is 0.393. The van der Waals surface area contributed by atoms with Crippen LogP contribution in [0.5, 0.6) is 0 Å². The molecular formula is C28H29FN8O. The Bertz CT molecular complexity index is 1570. The van der Waals surface area contributed by atoms with E-state index in [1.165, 1.54) is 4.40 Å². The van der Waals surface area contributed by atoms with Crippen molar-refractivity contribution in [1.82, 2.24) is 29.5 Å². The molecule has 4 aromatic rings. The van der Waals surface area contributed by atoms with Crippen molar-refractivity contribution in [1.29, 1.82) is 5.26 Å².